The Labute approximate surface area is 97.6 Å². The van der Waals surface area contributed by atoms with Gasteiger partial charge in [-0.2, -0.15) is 4.39 Å². The van der Waals surface area contributed by atoms with Gasteiger partial charge in [0.2, 0.25) is 5.95 Å². The van der Waals surface area contributed by atoms with E-state index < -0.39 is 5.95 Å². The second kappa shape index (κ2) is 4.37. The van der Waals surface area contributed by atoms with Crippen molar-refractivity contribution in [3.8, 4) is 0 Å². The number of halogens is 2. The van der Waals surface area contributed by atoms with Gasteiger partial charge < -0.3 is 4.74 Å². The first-order chi connectivity index (χ1) is 7.63. The van der Waals surface area contributed by atoms with Crippen molar-refractivity contribution in [2.75, 3.05) is 6.61 Å². The van der Waals surface area contributed by atoms with Gasteiger partial charge in [-0.3, -0.25) is 4.79 Å². The molecule has 1 aromatic rings. The van der Waals surface area contributed by atoms with E-state index >= 15 is 0 Å². The third-order valence-corrected chi connectivity index (χ3v) is 2.87. The van der Waals surface area contributed by atoms with Gasteiger partial charge in [0.25, 0.3) is 0 Å². The zero-order chi connectivity index (χ0) is 11.7. The van der Waals surface area contributed by atoms with E-state index in [9.17, 15) is 9.18 Å². The molecule has 5 heteroatoms. The predicted octanol–water partition coefficient (Wildman–Crippen LogP) is 2.54. The lowest BCUT2D eigenvalue weighted by Gasteiger charge is -2.01. The summed E-state index contributed by atoms with van der Waals surface area (Å²) in [5.41, 5.74) is 0.569. The number of rotatable bonds is 3. The van der Waals surface area contributed by atoms with Crippen molar-refractivity contribution in [3.05, 3.63) is 28.8 Å². The highest BCUT2D eigenvalue weighted by Crippen LogP contribution is 2.47. The van der Waals surface area contributed by atoms with Crippen LogP contribution in [0.4, 0.5) is 4.39 Å². The summed E-state index contributed by atoms with van der Waals surface area (Å²) < 4.78 is 18.0. The highest BCUT2D eigenvalue weighted by molar-refractivity contribution is 6.30. The van der Waals surface area contributed by atoms with Gasteiger partial charge in [-0.15, -0.1) is 0 Å². The molecule has 0 saturated heterocycles. The molecule has 0 aromatic carbocycles. The van der Waals surface area contributed by atoms with E-state index in [1.807, 2.05) is 0 Å². The summed E-state index contributed by atoms with van der Waals surface area (Å²) in [4.78, 5) is 15.1. The van der Waals surface area contributed by atoms with Crippen LogP contribution in [0, 0.1) is 11.9 Å². The van der Waals surface area contributed by atoms with E-state index in [4.69, 9.17) is 16.3 Å². The first-order valence-electron chi connectivity index (χ1n) is 5.12. The molecular weight excluding hydrogens is 233 g/mol. The second-order valence-electron chi connectivity index (χ2n) is 3.71. The third-order valence-electron chi connectivity index (χ3n) is 2.58. The number of pyridine rings is 1. The highest BCUT2D eigenvalue weighted by atomic mass is 35.5. The Morgan fingerprint density at radius 1 is 1.69 bits per heavy atom. The van der Waals surface area contributed by atoms with Crippen LogP contribution in [-0.2, 0) is 9.53 Å². The smallest absolute Gasteiger partial charge is 0.309 e. The quantitative estimate of drug-likeness (QED) is 0.605. The molecule has 1 fully saturated rings. The van der Waals surface area contributed by atoms with Crippen molar-refractivity contribution in [1.82, 2.24) is 4.98 Å². The first-order valence-corrected chi connectivity index (χ1v) is 5.50. The number of nitrogens with zero attached hydrogens (tertiary/aromatic N) is 1. The largest absolute Gasteiger partial charge is 0.466 e. The standard InChI is InChI=1S/C11H11ClFNO2/c1-2-16-11(15)7-5-6(7)9-4-3-8(12)10(13)14-9/h3-4,6-7H,2,5H2,1H3/t6-,7-/m0/s1. The molecule has 0 N–H and O–H groups in total. The van der Waals surface area contributed by atoms with Gasteiger partial charge in [-0.1, -0.05) is 11.6 Å². The second-order valence-corrected chi connectivity index (χ2v) is 4.12. The monoisotopic (exact) mass is 243 g/mol. The lowest BCUT2D eigenvalue weighted by Crippen LogP contribution is -2.07. The van der Waals surface area contributed by atoms with Crippen molar-refractivity contribution in [2.45, 2.75) is 19.3 Å². The van der Waals surface area contributed by atoms with Crippen LogP contribution in [0.25, 0.3) is 0 Å². The molecule has 86 valence electrons. The Bertz CT molecular complexity index is 424. The van der Waals surface area contributed by atoms with Crippen molar-refractivity contribution in [1.29, 1.82) is 0 Å². The topological polar surface area (TPSA) is 39.2 Å². The normalized spacial score (nSPS) is 22.9. The number of aromatic nitrogens is 1. The van der Waals surface area contributed by atoms with Crippen molar-refractivity contribution in [3.63, 3.8) is 0 Å². The molecule has 2 rings (SSSR count). The lowest BCUT2D eigenvalue weighted by atomic mass is 10.2. The molecule has 0 bridgehead atoms. The van der Waals surface area contributed by atoms with Gasteiger partial charge in [0.1, 0.15) is 0 Å². The number of carbonyl (C=O) groups is 1. The van der Waals surface area contributed by atoms with E-state index in [2.05, 4.69) is 4.98 Å². The molecule has 2 atom stereocenters. The fraction of sp³-hybridized carbons (Fsp3) is 0.455. The minimum absolute atomic E-state index is 0.00270. The maximum absolute atomic E-state index is 13.1. The molecular formula is C11H11ClFNO2. The Hall–Kier alpha value is -1.16. The Morgan fingerprint density at radius 2 is 2.44 bits per heavy atom. The number of hydrogen-bond donors (Lipinski definition) is 0. The molecule has 1 aliphatic rings. The van der Waals surface area contributed by atoms with Gasteiger partial charge in [-0.05, 0) is 25.5 Å². The highest BCUT2D eigenvalue weighted by Gasteiger charge is 2.46. The van der Waals surface area contributed by atoms with Crippen LogP contribution >= 0.6 is 11.6 Å². The summed E-state index contributed by atoms with van der Waals surface area (Å²) in [5, 5.41) is -0.00270. The van der Waals surface area contributed by atoms with E-state index in [0.717, 1.165) is 0 Å². The summed E-state index contributed by atoms with van der Waals surface area (Å²) in [6, 6.07) is 3.11. The molecule has 1 aromatic heterocycles. The van der Waals surface area contributed by atoms with Crippen LogP contribution in [0.2, 0.25) is 5.02 Å². The maximum Gasteiger partial charge on any atom is 0.309 e. The summed E-state index contributed by atoms with van der Waals surface area (Å²) >= 11 is 5.53. The Morgan fingerprint density at radius 3 is 3.06 bits per heavy atom. The van der Waals surface area contributed by atoms with Gasteiger partial charge in [0, 0.05) is 11.6 Å². The average molecular weight is 244 g/mol. The minimum atomic E-state index is -0.686. The molecule has 0 radical (unpaired) electrons. The average Bonchev–Trinajstić information content (AvgIpc) is 3.02. The lowest BCUT2D eigenvalue weighted by molar-refractivity contribution is -0.144. The summed E-state index contributed by atoms with van der Waals surface area (Å²) in [5.74, 6) is -1.11. The van der Waals surface area contributed by atoms with Crippen LogP contribution < -0.4 is 0 Å². The molecule has 1 aliphatic carbocycles. The number of carbonyl (C=O) groups excluding carboxylic acids is 1. The molecule has 0 aliphatic heterocycles. The zero-order valence-electron chi connectivity index (χ0n) is 8.74. The summed E-state index contributed by atoms with van der Waals surface area (Å²) in [7, 11) is 0. The van der Waals surface area contributed by atoms with Crippen LogP contribution in [-0.4, -0.2) is 17.6 Å². The van der Waals surface area contributed by atoms with Crippen molar-refractivity contribution < 1.29 is 13.9 Å². The fourth-order valence-corrected chi connectivity index (χ4v) is 1.77. The molecule has 0 amide bonds. The molecule has 0 unspecified atom stereocenters. The van der Waals surface area contributed by atoms with E-state index in [0.29, 0.717) is 18.7 Å². The molecule has 16 heavy (non-hydrogen) atoms. The minimum Gasteiger partial charge on any atom is -0.466 e. The first kappa shape index (κ1) is 11.3. The summed E-state index contributed by atoms with van der Waals surface area (Å²) in [6.45, 7) is 2.12. The van der Waals surface area contributed by atoms with Crippen molar-refractivity contribution in [2.24, 2.45) is 5.92 Å². The van der Waals surface area contributed by atoms with Crippen LogP contribution in [0.1, 0.15) is 25.0 Å². The van der Waals surface area contributed by atoms with Gasteiger partial charge >= 0.3 is 5.97 Å². The van der Waals surface area contributed by atoms with Gasteiger partial charge in [-0.25, -0.2) is 4.98 Å². The molecule has 1 saturated carbocycles. The van der Waals surface area contributed by atoms with Crippen molar-refractivity contribution >= 4 is 17.6 Å². The van der Waals surface area contributed by atoms with E-state index in [1.54, 1.807) is 13.0 Å². The SMILES string of the molecule is CCOC(=O)[C@H]1C[C@@H]1c1ccc(Cl)c(F)n1. The van der Waals surface area contributed by atoms with Gasteiger partial charge in [0.15, 0.2) is 0 Å². The fourth-order valence-electron chi connectivity index (χ4n) is 1.67. The van der Waals surface area contributed by atoms with Crippen LogP contribution in [0.5, 0.6) is 0 Å². The van der Waals surface area contributed by atoms with E-state index in [1.165, 1.54) is 6.07 Å². The Balaban J connectivity index is 2.06. The molecule has 3 nitrogen and oxygen atoms in total. The molecule has 1 heterocycles. The molecule has 0 spiro atoms. The predicted molar refractivity (Wildman–Crippen MR) is 56.7 cm³/mol. The van der Waals surface area contributed by atoms with Crippen LogP contribution in [0.15, 0.2) is 12.1 Å². The Kier molecular flexibility index (Phi) is 3.10. The number of hydrogen-bond acceptors (Lipinski definition) is 3. The number of ether oxygens (including phenoxy) is 1. The zero-order valence-corrected chi connectivity index (χ0v) is 9.50. The van der Waals surface area contributed by atoms with Gasteiger partial charge in [0.05, 0.1) is 17.5 Å². The maximum atomic E-state index is 13.1. The van der Waals surface area contributed by atoms with E-state index in [-0.39, 0.29) is 22.8 Å². The third kappa shape index (κ3) is 2.16. The van der Waals surface area contributed by atoms with Crippen LogP contribution in [0.3, 0.4) is 0 Å². The number of esters is 1. The summed E-state index contributed by atoms with van der Waals surface area (Å²) in [6.07, 6.45) is 0.674.